The van der Waals surface area contributed by atoms with Crippen LogP contribution in [0.2, 0.25) is 0 Å². The number of amides is 1. The zero-order chi connectivity index (χ0) is 16.0. The summed E-state index contributed by atoms with van der Waals surface area (Å²) in [5.41, 5.74) is 0.189. The fourth-order valence-corrected chi connectivity index (χ4v) is 3.71. The number of aryl methyl sites for hydroxylation is 1. The molecule has 0 bridgehead atoms. The molecule has 0 radical (unpaired) electrons. The minimum atomic E-state index is -3.28. The molecule has 0 aromatic carbocycles. The van der Waals surface area contributed by atoms with Crippen LogP contribution in [0.5, 0.6) is 0 Å². The third kappa shape index (κ3) is 2.75. The summed E-state index contributed by atoms with van der Waals surface area (Å²) in [6.45, 7) is 3.95. The number of ether oxygens (including phenoxy) is 1. The van der Waals surface area contributed by atoms with E-state index in [9.17, 15) is 13.2 Å². The zero-order valence-corrected chi connectivity index (χ0v) is 13.4. The van der Waals surface area contributed by atoms with Crippen LogP contribution >= 0.6 is 0 Å². The van der Waals surface area contributed by atoms with Gasteiger partial charge >= 0.3 is 0 Å². The minimum absolute atomic E-state index is 0.119. The smallest absolute Gasteiger partial charge is 0.291 e. The normalized spacial score (nSPS) is 28.1. The average molecular weight is 329 g/mol. The van der Waals surface area contributed by atoms with Crippen molar-refractivity contribution >= 4 is 15.9 Å². The van der Waals surface area contributed by atoms with Gasteiger partial charge in [-0.25, -0.2) is 18.1 Å². The molecule has 0 unspecified atom stereocenters. The van der Waals surface area contributed by atoms with Crippen molar-refractivity contribution in [1.82, 2.24) is 14.6 Å². The van der Waals surface area contributed by atoms with Crippen LogP contribution in [0.15, 0.2) is 10.8 Å². The van der Waals surface area contributed by atoms with Gasteiger partial charge in [-0.2, -0.15) is 0 Å². The van der Waals surface area contributed by atoms with Gasteiger partial charge in [0.15, 0.2) is 6.39 Å². The molecule has 0 spiro atoms. The molecule has 0 aliphatic carbocycles. The van der Waals surface area contributed by atoms with Crippen LogP contribution in [-0.2, 0) is 14.8 Å². The number of rotatable bonds is 4. The van der Waals surface area contributed by atoms with Crippen molar-refractivity contribution in [2.75, 3.05) is 39.1 Å². The first-order chi connectivity index (χ1) is 10.3. The van der Waals surface area contributed by atoms with E-state index in [1.165, 1.54) is 6.39 Å². The van der Waals surface area contributed by atoms with Crippen LogP contribution in [0.4, 0.5) is 0 Å². The van der Waals surface area contributed by atoms with Gasteiger partial charge in [-0.05, 0) is 6.92 Å². The SMILES string of the molecule is Cc1ncoc1C(=O)N1C[C@@H]2COC[C@]2(CNS(C)(=O)=O)C1. The Bertz CT molecular complexity index is 686. The Balaban J connectivity index is 1.76. The molecule has 1 aromatic heterocycles. The number of oxazole rings is 1. The van der Waals surface area contributed by atoms with Crippen molar-refractivity contribution in [2.24, 2.45) is 11.3 Å². The number of hydrogen-bond donors (Lipinski definition) is 1. The number of carbonyl (C=O) groups excluding carboxylic acids is 1. The summed E-state index contributed by atoms with van der Waals surface area (Å²) < 4.78 is 36.0. The predicted molar refractivity (Wildman–Crippen MR) is 76.7 cm³/mol. The van der Waals surface area contributed by atoms with E-state index in [2.05, 4.69) is 9.71 Å². The molecule has 2 fully saturated rings. The maximum atomic E-state index is 12.5. The van der Waals surface area contributed by atoms with Crippen molar-refractivity contribution in [1.29, 1.82) is 0 Å². The minimum Gasteiger partial charge on any atom is -0.438 e. The lowest BCUT2D eigenvalue weighted by Crippen LogP contribution is -2.43. The van der Waals surface area contributed by atoms with E-state index in [0.29, 0.717) is 32.0 Å². The molecule has 3 rings (SSSR count). The lowest BCUT2D eigenvalue weighted by molar-refractivity contribution is 0.0690. The monoisotopic (exact) mass is 329 g/mol. The van der Waals surface area contributed by atoms with Crippen molar-refractivity contribution in [3.63, 3.8) is 0 Å². The van der Waals surface area contributed by atoms with Crippen LogP contribution in [0.3, 0.4) is 0 Å². The number of sulfonamides is 1. The molecule has 3 heterocycles. The number of likely N-dealkylation sites (tertiary alicyclic amines) is 1. The lowest BCUT2D eigenvalue weighted by Gasteiger charge is -2.26. The first-order valence-electron chi connectivity index (χ1n) is 7.02. The quantitative estimate of drug-likeness (QED) is 0.808. The van der Waals surface area contributed by atoms with Crippen molar-refractivity contribution in [3.05, 3.63) is 17.8 Å². The predicted octanol–water partition coefficient (Wildman–Crippen LogP) is -0.379. The van der Waals surface area contributed by atoms with Gasteiger partial charge in [0.25, 0.3) is 5.91 Å². The highest BCUT2D eigenvalue weighted by Gasteiger charge is 2.52. The molecular formula is C13H19N3O5S. The molecule has 0 saturated carbocycles. The van der Waals surface area contributed by atoms with Gasteiger partial charge in [-0.3, -0.25) is 4.79 Å². The summed E-state index contributed by atoms with van der Waals surface area (Å²) in [5.74, 6) is 0.157. The number of nitrogens with zero attached hydrogens (tertiary/aromatic N) is 2. The second kappa shape index (κ2) is 5.32. The highest BCUT2D eigenvalue weighted by Crippen LogP contribution is 2.41. The molecule has 1 aromatic rings. The van der Waals surface area contributed by atoms with E-state index in [4.69, 9.17) is 9.15 Å². The Morgan fingerprint density at radius 1 is 1.59 bits per heavy atom. The molecule has 122 valence electrons. The number of hydrogen-bond acceptors (Lipinski definition) is 6. The van der Waals surface area contributed by atoms with E-state index in [1.54, 1.807) is 11.8 Å². The van der Waals surface area contributed by atoms with Crippen LogP contribution in [0.25, 0.3) is 0 Å². The molecular weight excluding hydrogens is 310 g/mol. The number of nitrogens with one attached hydrogen (secondary N) is 1. The molecule has 2 atom stereocenters. The third-order valence-electron chi connectivity index (χ3n) is 4.43. The van der Waals surface area contributed by atoms with Gasteiger partial charge in [-0.15, -0.1) is 0 Å². The van der Waals surface area contributed by atoms with Gasteiger partial charge in [0, 0.05) is 31.0 Å². The first kappa shape index (κ1) is 15.4. The highest BCUT2D eigenvalue weighted by atomic mass is 32.2. The molecule has 9 heteroatoms. The molecule has 2 aliphatic rings. The molecule has 2 saturated heterocycles. The number of aromatic nitrogens is 1. The maximum absolute atomic E-state index is 12.5. The van der Waals surface area contributed by atoms with Gasteiger partial charge in [0.2, 0.25) is 15.8 Å². The summed E-state index contributed by atoms with van der Waals surface area (Å²) in [4.78, 5) is 18.2. The summed E-state index contributed by atoms with van der Waals surface area (Å²) in [6.07, 6.45) is 2.38. The number of carbonyl (C=O) groups is 1. The van der Waals surface area contributed by atoms with Crippen LogP contribution in [-0.4, -0.2) is 63.3 Å². The summed E-state index contributed by atoms with van der Waals surface area (Å²) in [7, 11) is -3.28. The van der Waals surface area contributed by atoms with Crippen LogP contribution < -0.4 is 4.72 Å². The third-order valence-corrected chi connectivity index (χ3v) is 5.10. The zero-order valence-electron chi connectivity index (χ0n) is 12.5. The summed E-state index contributed by atoms with van der Waals surface area (Å²) in [6, 6.07) is 0. The molecule has 2 aliphatic heterocycles. The van der Waals surface area contributed by atoms with Gasteiger partial charge in [-0.1, -0.05) is 0 Å². The standard InChI is InChI=1S/C13H19N3O5S/c1-9-11(21-8-14-9)12(17)16-3-10-4-20-7-13(10,6-16)5-15-22(2,18)19/h8,10,15H,3-7H2,1-2H3/t10-,13+/m1/s1. The topological polar surface area (TPSA) is 102 Å². The average Bonchev–Trinajstić information content (AvgIpc) is 3.08. The molecule has 22 heavy (non-hydrogen) atoms. The largest absolute Gasteiger partial charge is 0.438 e. The Morgan fingerprint density at radius 2 is 2.36 bits per heavy atom. The second-order valence-corrected chi connectivity index (χ2v) is 7.95. The fraction of sp³-hybridized carbons (Fsp3) is 0.692. The van der Waals surface area contributed by atoms with E-state index >= 15 is 0 Å². The first-order valence-corrected chi connectivity index (χ1v) is 8.92. The van der Waals surface area contributed by atoms with Gasteiger partial charge in [0.05, 0.1) is 25.2 Å². The Hall–Kier alpha value is -1.45. The molecule has 1 amide bonds. The van der Waals surface area contributed by atoms with Crippen LogP contribution in [0, 0.1) is 18.3 Å². The molecule has 8 nitrogen and oxygen atoms in total. The van der Waals surface area contributed by atoms with E-state index in [-0.39, 0.29) is 29.5 Å². The maximum Gasteiger partial charge on any atom is 0.291 e. The Morgan fingerprint density at radius 3 is 3.00 bits per heavy atom. The molecule has 1 N–H and O–H groups in total. The fourth-order valence-electron chi connectivity index (χ4n) is 3.16. The lowest BCUT2D eigenvalue weighted by atomic mass is 9.81. The highest BCUT2D eigenvalue weighted by molar-refractivity contribution is 7.88. The Labute approximate surface area is 128 Å². The summed E-state index contributed by atoms with van der Waals surface area (Å²) in [5, 5.41) is 0. The summed E-state index contributed by atoms with van der Waals surface area (Å²) >= 11 is 0. The Kier molecular flexibility index (Phi) is 3.74. The van der Waals surface area contributed by atoms with Gasteiger partial charge < -0.3 is 14.1 Å². The van der Waals surface area contributed by atoms with Crippen molar-refractivity contribution in [3.8, 4) is 0 Å². The van der Waals surface area contributed by atoms with Crippen LogP contribution in [0.1, 0.15) is 16.2 Å². The number of fused-ring (bicyclic) bond motifs is 1. The van der Waals surface area contributed by atoms with Gasteiger partial charge in [0.1, 0.15) is 0 Å². The van der Waals surface area contributed by atoms with Crippen molar-refractivity contribution < 1.29 is 22.4 Å². The van der Waals surface area contributed by atoms with E-state index < -0.39 is 10.0 Å². The van der Waals surface area contributed by atoms with Crippen molar-refractivity contribution in [2.45, 2.75) is 6.92 Å². The second-order valence-electron chi connectivity index (χ2n) is 6.12. The van der Waals surface area contributed by atoms with E-state index in [1.807, 2.05) is 0 Å². The van der Waals surface area contributed by atoms with E-state index in [0.717, 1.165) is 6.26 Å².